The molecule has 5 heteroatoms. The van der Waals surface area contributed by atoms with Crippen LogP contribution in [-0.4, -0.2) is 9.47 Å². The Bertz CT molecular complexity index is 1040. The molecule has 0 fully saturated rings. The van der Waals surface area contributed by atoms with E-state index in [1.165, 1.54) is 16.2 Å². The summed E-state index contributed by atoms with van der Waals surface area (Å²) in [4.78, 5) is 16.4. The van der Waals surface area contributed by atoms with Crippen molar-refractivity contribution in [2.75, 3.05) is 0 Å². The van der Waals surface area contributed by atoms with E-state index in [0.29, 0.717) is 11.5 Å². The lowest BCUT2D eigenvalue weighted by Gasteiger charge is -2.29. The van der Waals surface area contributed by atoms with Crippen LogP contribution >= 0.6 is 11.8 Å². The van der Waals surface area contributed by atoms with Gasteiger partial charge in [-0.3, -0.25) is 9.36 Å². The number of ether oxygens (including phenoxy) is 1. The van der Waals surface area contributed by atoms with E-state index < -0.39 is 0 Å². The molecule has 0 N–H and O–H groups in total. The summed E-state index contributed by atoms with van der Waals surface area (Å²) in [6, 6.07) is 23.2. The quantitative estimate of drug-likeness (QED) is 0.568. The number of hydrogen-bond donors (Lipinski definition) is 0. The molecular weight excluding hydrogens is 368 g/mol. The minimum Gasteiger partial charge on any atom is -0.457 e. The van der Waals surface area contributed by atoms with Crippen LogP contribution < -0.4 is 10.3 Å². The highest BCUT2D eigenvalue weighted by atomic mass is 32.2. The first-order valence-corrected chi connectivity index (χ1v) is 10.1. The Kier molecular flexibility index (Phi) is 5.26. The summed E-state index contributed by atoms with van der Waals surface area (Å²) >= 11 is 1.71. The molecule has 2 heterocycles. The average Bonchev–Trinajstić information content (AvgIpc) is 2.98. The molecule has 0 saturated heterocycles. The van der Waals surface area contributed by atoms with E-state index in [1.807, 2.05) is 60.8 Å². The van der Waals surface area contributed by atoms with Crippen molar-refractivity contribution >= 4 is 11.8 Å². The van der Waals surface area contributed by atoms with E-state index >= 15 is 0 Å². The van der Waals surface area contributed by atoms with Gasteiger partial charge in [0.25, 0.3) is 5.56 Å². The Hall–Kier alpha value is -2.92. The zero-order valence-corrected chi connectivity index (χ0v) is 16.7. The van der Waals surface area contributed by atoms with Crippen molar-refractivity contribution < 1.29 is 4.74 Å². The third kappa shape index (κ3) is 3.85. The first kappa shape index (κ1) is 18.4. The maximum atomic E-state index is 12.9. The number of rotatable bonds is 5. The Morgan fingerprint density at radius 3 is 2.29 bits per heavy atom. The van der Waals surface area contributed by atoms with Gasteiger partial charge in [0.05, 0.1) is 0 Å². The number of benzene rings is 2. The van der Waals surface area contributed by atoms with Crippen LogP contribution in [0.4, 0.5) is 0 Å². The maximum Gasteiger partial charge on any atom is 0.256 e. The first-order chi connectivity index (χ1) is 13.6. The van der Waals surface area contributed by atoms with E-state index in [2.05, 4.69) is 30.9 Å². The number of hydrogen-bond acceptors (Lipinski definition) is 4. The molecule has 0 amide bonds. The SMILES string of the molecule is CC1=C(C)N(Cc2ccccc2)C(n2ccc(Oc3ccccc3)cc2=O)S1. The van der Waals surface area contributed by atoms with E-state index in [9.17, 15) is 4.79 Å². The average molecular weight is 391 g/mol. The van der Waals surface area contributed by atoms with Gasteiger partial charge in [0.15, 0.2) is 5.50 Å². The molecule has 142 valence electrons. The minimum atomic E-state index is -0.0986. The molecule has 1 unspecified atom stereocenters. The lowest BCUT2D eigenvalue weighted by molar-refractivity contribution is 0.263. The number of nitrogens with zero attached hydrogens (tertiary/aromatic N) is 2. The number of thioether (sulfide) groups is 1. The minimum absolute atomic E-state index is 0.0773. The normalized spacial score (nSPS) is 16.5. The number of aromatic nitrogens is 1. The largest absolute Gasteiger partial charge is 0.457 e. The fourth-order valence-electron chi connectivity index (χ4n) is 3.20. The molecular formula is C23H22N2O2S. The van der Waals surface area contributed by atoms with Crippen LogP contribution in [-0.2, 0) is 6.54 Å². The van der Waals surface area contributed by atoms with Crippen LogP contribution in [0.5, 0.6) is 11.5 Å². The van der Waals surface area contributed by atoms with Gasteiger partial charge in [-0.25, -0.2) is 0 Å². The second kappa shape index (κ2) is 7.98. The van der Waals surface area contributed by atoms with Gasteiger partial charge in [0, 0.05) is 29.4 Å². The number of para-hydroxylation sites is 1. The fraction of sp³-hybridized carbons (Fsp3) is 0.174. The van der Waals surface area contributed by atoms with E-state index in [1.54, 1.807) is 22.4 Å². The molecule has 2 aromatic carbocycles. The topological polar surface area (TPSA) is 34.5 Å². The van der Waals surface area contributed by atoms with Crippen molar-refractivity contribution in [3.8, 4) is 11.5 Å². The van der Waals surface area contributed by atoms with Crippen molar-refractivity contribution in [3.63, 3.8) is 0 Å². The first-order valence-electron chi connectivity index (χ1n) is 9.21. The van der Waals surface area contributed by atoms with Crippen LogP contribution in [0.25, 0.3) is 0 Å². The monoisotopic (exact) mass is 390 g/mol. The highest BCUT2D eigenvalue weighted by Gasteiger charge is 2.30. The molecule has 3 aromatic rings. The molecule has 4 rings (SSSR count). The Labute approximate surface area is 169 Å². The zero-order valence-electron chi connectivity index (χ0n) is 15.9. The molecule has 1 atom stereocenters. The summed E-state index contributed by atoms with van der Waals surface area (Å²) in [5.41, 5.74) is 2.25. The van der Waals surface area contributed by atoms with Gasteiger partial charge in [-0.2, -0.15) is 0 Å². The molecule has 1 aliphatic heterocycles. The van der Waals surface area contributed by atoms with Gasteiger partial charge in [-0.05, 0) is 37.6 Å². The van der Waals surface area contributed by atoms with Crippen molar-refractivity contribution in [1.29, 1.82) is 0 Å². The lowest BCUT2D eigenvalue weighted by atomic mass is 10.2. The lowest BCUT2D eigenvalue weighted by Crippen LogP contribution is -2.32. The van der Waals surface area contributed by atoms with E-state index in [0.717, 1.165) is 6.54 Å². The molecule has 0 bridgehead atoms. The molecule has 4 nitrogen and oxygen atoms in total. The second-order valence-corrected chi connectivity index (χ2v) is 7.99. The van der Waals surface area contributed by atoms with Gasteiger partial charge >= 0.3 is 0 Å². The molecule has 0 radical (unpaired) electrons. The van der Waals surface area contributed by atoms with Gasteiger partial charge in [0.1, 0.15) is 11.5 Å². The van der Waals surface area contributed by atoms with Gasteiger partial charge in [-0.15, -0.1) is 0 Å². The summed E-state index contributed by atoms with van der Waals surface area (Å²) < 4.78 is 7.57. The predicted octanol–water partition coefficient (Wildman–Crippen LogP) is 5.60. The summed E-state index contributed by atoms with van der Waals surface area (Å²) in [6.07, 6.45) is 1.82. The summed E-state index contributed by atoms with van der Waals surface area (Å²) in [5.74, 6) is 1.26. The third-order valence-corrected chi connectivity index (χ3v) is 6.16. The molecule has 0 saturated carbocycles. The van der Waals surface area contributed by atoms with Crippen LogP contribution in [0.2, 0.25) is 0 Å². The second-order valence-electron chi connectivity index (χ2n) is 6.72. The fourth-order valence-corrected chi connectivity index (χ4v) is 4.45. The van der Waals surface area contributed by atoms with Gasteiger partial charge in [0.2, 0.25) is 0 Å². The molecule has 0 spiro atoms. The molecule has 0 aliphatic carbocycles. The Morgan fingerprint density at radius 2 is 1.61 bits per heavy atom. The van der Waals surface area contributed by atoms with Crippen LogP contribution in [0, 0.1) is 0 Å². The highest BCUT2D eigenvalue weighted by molar-refractivity contribution is 8.03. The van der Waals surface area contributed by atoms with Crippen LogP contribution in [0.1, 0.15) is 24.9 Å². The van der Waals surface area contributed by atoms with Crippen molar-refractivity contribution in [1.82, 2.24) is 9.47 Å². The van der Waals surface area contributed by atoms with Gasteiger partial charge < -0.3 is 9.64 Å². The van der Waals surface area contributed by atoms with E-state index in [-0.39, 0.29) is 11.1 Å². The highest BCUT2D eigenvalue weighted by Crippen LogP contribution is 2.44. The smallest absolute Gasteiger partial charge is 0.256 e. The molecule has 1 aliphatic rings. The summed E-state index contributed by atoms with van der Waals surface area (Å²) in [6.45, 7) is 4.98. The maximum absolute atomic E-state index is 12.9. The van der Waals surface area contributed by atoms with Crippen molar-refractivity contribution in [2.45, 2.75) is 25.9 Å². The number of allylic oxidation sites excluding steroid dienone is 2. The van der Waals surface area contributed by atoms with Crippen LogP contribution in [0.15, 0.2) is 94.4 Å². The standard InChI is InChI=1S/C23H22N2O2S/c1-17-18(2)28-23(25(17)16-19-9-5-3-6-10-19)24-14-13-21(15-22(24)26)27-20-11-7-4-8-12-20/h3-15,23H,16H2,1-2H3. The van der Waals surface area contributed by atoms with Crippen molar-refractivity contribution in [3.05, 3.63) is 106 Å². The molecule has 1 aromatic heterocycles. The zero-order chi connectivity index (χ0) is 19.5. The van der Waals surface area contributed by atoms with E-state index in [4.69, 9.17) is 4.74 Å². The third-order valence-electron chi connectivity index (χ3n) is 4.82. The number of pyridine rings is 1. The van der Waals surface area contributed by atoms with Crippen LogP contribution in [0.3, 0.4) is 0 Å². The molecule has 28 heavy (non-hydrogen) atoms. The predicted molar refractivity (Wildman–Crippen MR) is 114 cm³/mol. The Balaban J connectivity index is 1.59. The summed E-state index contributed by atoms with van der Waals surface area (Å²) in [5, 5.41) is 0. The Morgan fingerprint density at radius 1 is 0.929 bits per heavy atom. The van der Waals surface area contributed by atoms with Crippen molar-refractivity contribution in [2.24, 2.45) is 0 Å². The summed E-state index contributed by atoms with van der Waals surface area (Å²) in [7, 11) is 0. The van der Waals surface area contributed by atoms with Gasteiger partial charge in [-0.1, -0.05) is 60.3 Å².